The van der Waals surface area contributed by atoms with Crippen LogP contribution in [0.4, 0.5) is 0 Å². The molecule has 0 fully saturated rings. The summed E-state index contributed by atoms with van der Waals surface area (Å²) in [6, 6.07) is 7.07. The molecule has 30 heavy (non-hydrogen) atoms. The molecule has 0 aliphatic rings. The van der Waals surface area contributed by atoms with E-state index in [0.29, 0.717) is 40.1 Å². The van der Waals surface area contributed by atoms with Gasteiger partial charge in [-0.2, -0.15) is 0 Å². The van der Waals surface area contributed by atoms with Crippen LogP contribution in [-0.4, -0.2) is 46.8 Å². The predicted molar refractivity (Wildman–Crippen MR) is 115 cm³/mol. The molecule has 7 nitrogen and oxygen atoms in total. The largest absolute Gasteiger partial charge is 0.493 e. The summed E-state index contributed by atoms with van der Waals surface area (Å²) in [6.07, 6.45) is 2.24. The van der Waals surface area contributed by atoms with Gasteiger partial charge in [0.2, 0.25) is 11.5 Å². The Morgan fingerprint density at radius 3 is 1.60 bits per heavy atom. The zero-order valence-corrected chi connectivity index (χ0v) is 18.5. The topological polar surface area (TPSA) is 75.6 Å². The summed E-state index contributed by atoms with van der Waals surface area (Å²) in [4.78, 5) is 0. The fourth-order valence-electron chi connectivity index (χ4n) is 3.10. The number of allylic oxidation sites excluding steroid dienone is 1. The highest BCUT2D eigenvalue weighted by Crippen LogP contribution is 2.43. The minimum absolute atomic E-state index is 0.409. The van der Waals surface area contributed by atoms with E-state index in [2.05, 4.69) is 0 Å². The minimum Gasteiger partial charge on any atom is -0.493 e. The molecule has 164 valence electrons. The van der Waals surface area contributed by atoms with Crippen LogP contribution in [0.2, 0.25) is 0 Å². The minimum atomic E-state index is -0.983. The van der Waals surface area contributed by atoms with E-state index >= 15 is 0 Å². The highest BCUT2D eigenvalue weighted by Gasteiger charge is 2.25. The summed E-state index contributed by atoms with van der Waals surface area (Å²) in [6.45, 7) is 3.69. The Morgan fingerprint density at radius 2 is 1.20 bits per heavy atom. The highest BCUT2D eigenvalue weighted by atomic mass is 16.6. The second-order valence-electron chi connectivity index (χ2n) is 6.48. The third kappa shape index (κ3) is 4.91. The first-order valence-corrected chi connectivity index (χ1v) is 9.47. The summed E-state index contributed by atoms with van der Waals surface area (Å²) in [5, 5.41) is 11.0. The van der Waals surface area contributed by atoms with Gasteiger partial charge < -0.3 is 33.5 Å². The molecular formula is C23H30O7. The van der Waals surface area contributed by atoms with Crippen molar-refractivity contribution in [3.63, 3.8) is 0 Å². The Morgan fingerprint density at radius 1 is 0.733 bits per heavy atom. The maximum Gasteiger partial charge on any atom is 0.203 e. The molecule has 2 aromatic rings. The predicted octanol–water partition coefficient (Wildman–Crippen LogP) is 4.26. The fraction of sp³-hybridized carbons (Fsp3) is 0.391. The van der Waals surface area contributed by atoms with Crippen molar-refractivity contribution in [3.8, 4) is 34.5 Å². The van der Waals surface area contributed by atoms with Crippen LogP contribution < -0.4 is 28.4 Å². The van der Waals surface area contributed by atoms with Crippen molar-refractivity contribution in [1.82, 2.24) is 0 Å². The Hall–Kier alpha value is -3.06. The SMILES string of the molecule is CC=Cc1cc(OC)c(O[C@H](C)[C@@H](O)c2cc(OC)c(OC)c(OC)c2)c(OC)c1. The van der Waals surface area contributed by atoms with Crippen LogP contribution in [0.1, 0.15) is 31.1 Å². The Bertz CT molecular complexity index is 826. The zero-order chi connectivity index (χ0) is 22.3. The Labute approximate surface area is 177 Å². The Balaban J connectivity index is 2.39. The number of aliphatic hydroxyl groups excluding tert-OH is 1. The molecule has 0 bridgehead atoms. The summed E-state index contributed by atoms with van der Waals surface area (Å²) in [5.41, 5.74) is 1.47. The van der Waals surface area contributed by atoms with Crippen LogP contribution in [0.15, 0.2) is 30.3 Å². The second-order valence-corrected chi connectivity index (χ2v) is 6.48. The molecule has 0 saturated carbocycles. The van der Waals surface area contributed by atoms with Crippen molar-refractivity contribution in [2.75, 3.05) is 35.5 Å². The lowest BCUT2D eigenvalue weighted by molar-refractivity contribution is 0.0431. The van der Waals surface area contributed by atoms with Crippen molar-refractivity contribution < 1.29 is 33.5 Å². The van der Waals surface area contributed by atoms with Gasteiger partial charge in [0.25, 0.3) is 0 Å². The first-order chi connectivity index (χ1) is 14.4. The van der Waals surface area contributed by atoms with Crippen LogP contribution in [0.3, 0.4) is 0 Å². The fourth-order valence-corrected chi connectivity index (χ4v) is 3.10. The monoisotopic (exact) mass is 418 g/mol. The maximum absolute atomic E-state index is 11.0. The van der Waals surface area contributed by atoms with Crippen LogP contribution in [0, 0.1) is 0 Å². The average molecular weight is 418 g/mol. The van der Waals surface area contributed by atoms with Gasteiger partial charge in [-0.25, -0.2) is 0 Å². The van der Waals surface area contributed by atoms with E-state index in [0.717, 1.165) is 5.56 Å². The summed E-state index contributed by atoms with van der Waals surface area (Å²) >= 11 is 0. The van der Waals surface area contributed by atoms with Gasteiger partial charge in [0.05, 0.1) is 35.5 Å². The molecule has 7 heteroatoms. The van der Waals surface area contributed by atoms with E-state index in [1.54, 1.807) is 33.3 Å². The number of aliphatic hydroxyl groups is 1. The number of methoxy groups -OCH3 is 5. The van der Waals surface area contributed by atoms with Crippen LogP contribution in [0.25, 0.3) is 6.08 Å². The number of hydrogen-bond acceptors (Lipinski definition) is 7. The van der Waals surface area contributed by atoms with E-state index in [-0.39, 0.29) is 0 Å². The molecule has 1 N–H and O–H groups in total. The third-order valence-corrected chi connectivity index (χ3v) is 4.62. The van der Waals surface area contributed by atoms with Crippen molar-refractivity contribution in [2.24, 2.45) is 0 Å². The van der Waals surface area contributed by atoms with E-state index in [1.165, 1.54) is 21.3 Å². The molecule has 0 amide bonds. The molecule has 0 radical (unpaired) electrons. The van der Waals surface area contributed by atoms with E-state index in [1.807, 2.05) is 31.2 Å². The van der Waals surface area contributed by atoms with Gasteiger partial charge in [-0.05, 0) is 49.2 Å². The van der Waals surface area contributed by atoms with Gasteiger partial charge in [-0.15, -0.1) is 0 Å². The van der Waals surface area contributed by atoms with E-state index in [9.17, 15) is 5.11 Å². The van der Waals surface area contributed by atoms with Crippen LogP contribution in [0.5, 0.6) is 34.5 Å². The second kappa shape index (κ2) is 10.6. The van der Waals surface area contributed by atoms with Crippen molar-refractivity contribution in [1.29, 1.82) is 0 Å². The lowest BCUT2D eigenvalue weighted by Crippen LogP contribution is -2.22. The normalized spacial score (nSPS) is 12.9. The molecule has 2 rings (SSSR count). The molecule has 2 aromatic carbocycles. The molecule has 0 spiro atoms. The smallest absolute Gasteiger partial charge is 0.203 e. The van der Waals surface area contributed by atoms with Gasteiger partial charge in [-0.3, -0.25) is 0 Å². The summed E-state index contributed by atoms with van der Waals surface area (Å²) < 4.78 is 33.1. The number of benzene rings is 2. The molecule has 0 aromatic heterocycles. The number of ether oxygens (including phenoxy) is 6. The summed E-state index contributed by atoms with van der Waals surface area (Å²) in [5.74, 6) is 2.77. The molecule has 0 heterocycles. The summed E-state index contributed by atoms with van der Waals surface area (Å²) in [7, 11) is 7.69. The number of rotatable bonds is 10. The maximum atomic E-state index is 11.0. The standard InChI is InChI=1S/C23H30O7/c1-8-9-15-10-17(25-3)23(18(11-15)26-4)30-14(2)21(24)16-12-19(27-5)22(29-7)20(13-16)28-6/h8-14,21,24H,1-7H3/t14-,21-/m1/s1. The van der Waals surface area contributed by atoms with Crippen molar-refractivity contribution in [3.05, 3.63) is 41.5 Å². The van der Waals surface area contributed by atoms with Crippen molar-refractivity contribution >= 4 is 6.08 Å². The van der Waals surface area contributed by atoms with Gasteiger partial charge in [-0.1, -0.05) is 12.2 Å². The first-order valence-electron chi connectivity index (χ1n) is 9.47. The third-order valence-electron chi connectivity index (χ3n) is 4.62. The number of hydrogen-bond donors (Lipinski definition) is 1. The molecule has 2 atom stereocenters. The molecule has 0 unspecified atom stereocenters. The van der Waals surface area contributed by atoms with Crippen molar-refractivity contribution in [2.45, 2.75) is 26.1 Å². The quantitative estimate of drug-likeness (QED) is 0.618. The lowest BCUT2D eigenvalue weighted by atomic mass is 10.0. The van der Waals surface area contributed by atoms with Gasteiger partial charge in [0, 0.05) is 0 Å². The van der Waals surface area contributed by atoms with Crippen LogP contribution >= 0.6 is 0 Å². The molecule has 0 aliphatic heterocycles. The highest BCUT2D eigenvalue weighted by molar-refractivity contribution is 5.62. The lowest BCUT2D eigenvalue weighted by Gasteiger charge is -2.24. The van der Waals surface area contributed by atoms with Gasteiger partial charge in [0.15, 0.2) is 23.0 Å². The molecule has 0 aliphatic carbocycles. The molecule has 0 saturated heterocycles. The van der Waals surface area contributed by atoms with E-state index < -0.39 is 12.2 Å². The van der Waals surface area contributed by atoms with E-state index in [4.69, 9.17) is 28.4 Å². The van der Waals surface area contributed by atoms with Crippen LogP contribution in [-0.2, 0) is 0 Å². The zero-order valence-electron chi connectivity index (χ0n) is 18.5. The van der Waals surface area contributed by atoms with Gasteiger partial charge >= 0.3 is 0 Å². The molecular weight excluding hydrogens is 388 g/mol. The average Bonchev–Trinajstić information content (AvgIpc) is 2.77. The Kier molecular flexibility index (Phi) is 8.24. The van der Waals surface area contributed by atoms with Gasteiger partial charge in [0.1, 0.15) is 12.2 Å². The first kappa shape index (κ1) is 23.2.